The van der Waals surface area contributed by atoms with E-state index in [1.54, 1.807) is 7.05 Å². The van der Waals surface area contributed by atoms with E-state index in [4.69, 9.17) is 0 Å². The summed E-state index contributed by atoms with van der Waals surface area (Å²) in [5.41, 5.74) is 0. The summed E-state index contributed by atoms with van der Waals surface area (Å²) in [6, 6.07) is -0.00916. The highest BCUT2D eigenvalue weighted by Gasteiger charge is 2.28. The molecule has 1 fully saturated rings. The van der Waals surface area contributed by atoms with Gasteiger partial charge in [0.2, 0.25) is 0 Å². The van der Waals surface area contributed by atoms with E-state index >= 15 is 0 Å². The Labute approximate surface area is 110 Å². The van der Waals surface area contributed by atoms with Crippen LogP contribution in [0.2, 0.25) is 0 Å². The second kappa shape index (κ2) is 6.94. The van der Waals surface area contributed by atoms with E-state index in [1.165, 1.54) is 0 Å². The molecule has 1 rings (SSSR count). The van der Waals surface area contributed by atoms with Crippen molar-refractivity contribution in [2.45, 2.75) is 19.4 Å². The van der Waals surface area contributed by atoms with Crippen molar-refractivity contribution in [2.24, 2.45) is 4.99 Å². The Morgan fingerprint density at radius 1 is 1.50 bits per heavy atom. The van der Waals surface area contributed by atoms with Gasteiger partial charge in [-0.05, 0) is 20.0 Å². The van der Waals surface area contributed by atoms with Crippen LogP contribution in [0, 0.1) is 0 Å². The van der Waals surface area contributed by atoms with Gasteiger partial charge in [-0.25, -0.2) is 8.42 Å². The van der Waals surface area contributed by atoms with Crippen LogP contribution in [0.1, 0.15) is 13.3 Å². The summed E-state index contributed by atoms with van der Waals surface area (Å²) < 4.78 is 22.7. The molecule has 0 aromatic rings. The first-order chi connectivity index (χ1) is 8.46. The molecule has 1 aliphatic heterocycles. The SMILES string of the molecule is CCN(C)CCNC(=NC)NC1CCS(=O)(=O)C1. The fraction of sp³-hybridized carbons (Fsp3) is 0.909. The molecule has 1 unspecified atom stereocenters. The second-order valence-electron chi connectivity index (χ2n) is 4.64. The number of hydrogen-bond donors (Lipinski definition) is 2. The van der Waals surface area contributed by atoms with Crippen LogP contribution in [0.5, 0.6) is 0 Å². The minimum Gasteiger partial charge on any atom is -0.355 e. The summed E-state index contributed by atoms with van der Waals surface area (Å²) in [7, 11) is 0.913. The number of nitrogens with zero attached hydrogens (tertiary/aromatic N) is 2. The largest absolute Gasteiger partial charge is 0.355 e. The average molecular weight is 276 g/mol. The zero-order chi connectivity index (χ0) is 13.6. The number of nitrogens with one attached hydrogen (secondary N) is 2. The van der Waals surface area contributed by atoms with Gasteiger partial charge >= 0.3 is 0 Å². The van der Waals surface area contributed by atoms with Gasteiger partial charge < -0.3 is 15.5 Å². The van der Waals surface area contributed by atoms with Crippen molar-refractivity contribution in [3.8, 4) is 0 Å². The van der Waals surface area contributed by atoms with Gasteiger partial charge in [-0.2, -0.15) is 0 Å². The third-order valence-electron chi connectivity index (χ3n) is 3.12. The fourth-order valence-corrected chi connectivity index (χ4v) is 3.49. The normalized spacial score (nSPS) is 23.3. The van der Waals surface area contributed by atoms with E-state index in [0.717, 1.165) is 19.6 Å². The molecule has 0 bridgehead atoms. The molecular formula is C11H24N4O2S. The van der Waals surface area contributed by atoms with E-state index in [1.807, 2.05) is 0 Å². The molecule has 0 aliphatic carbocycles. The van der Waals surface area contributed by atoms with Crippen LogP contribution in [0.25, 0.3) is 0 Å². The lowest BCUT2D eigenvalue weighted by atomic mass is 10.3. The molecule has 0 saturated carbocycles. The maximum absolute atomic E-state index is 11.3. The lowest BCUT2D eigenvalue weighted by Gasteiger charge is -2.18. The molecule has 6 nitrogen and oxygen atoms in total. The predicted octanol–water partition coefficient (Wildman–Crippen LogP) is -0.710. The molecule has 7 heteroatoms. The minimum absolute atomic E-state index is 0.00916. The summed E-state index contributed by atoms with van der Waals surface area (Å²) >= 11 is 0. The van der Waals surface area contributed by atoms with E-state index < -0.39 is 9.84 Å². The van der Waals surface area contributed by atoms with Crippen LogP contribution in [0.4, 0.5) is 0 Å². The van der Waals surface area contributed by atoms with Crippen molar-refractivity contribution in [3.05, 3.63) is 0 Å². The Morgan fingerprint density at radius 3 is 2.72 bits per heavy atom. The molecule has 0 aromatic heterocycles. The number of likely N-dealkylation sites (N-methyl/N-ethyl adjacent to an activating group) is 1. The van der Waals surface area contributed by atoms with E-state index in [0.29, 0.717) is 12.4 Å². The smallest absolute Gasteiger partial charge is 0.191 e. The molecule has 1 saturated heterocycles. The molecule has 106 valence electrons. The van der Waals surface area contributed by atoms with Crippen molar-refractivity contribution in [1.29, 1.82) is 0 Å². The van der Waals surface area contributed by atoms with E-state index in [9.17, 15) is 8.42 Å². The van der Waals surface area contributed by atoms with Crippen LogP contribution in [-0.2, 0) is 9.84 Å². The number of guanidine groups is 1. The highest BCUT2D eigenvalue weighted by atomic mass is 32.2. The summed E-state index contributed by atoms with van der Waals surface area (Å²) in [4.78, 5) is 6.30. The Kier molecular flexibility index (Phi) is 5.87. The quantitative estimate of drug-likeness (QED) is 0.513. The fourth-order valence-electron chi connectivity index (χ4n) is 1.82. The Hall–Kier alpha value is -0.820. The molecule has 1 aliphatic rings. The predicted molar refractivity (Wildman–Crippen MR) is 74.7 cm³/mol. The highest BCUT2D eigenvalue weighted by molar-refractivity contribution is 7.91. The third kappa shape index (κ3) is 5.22. The van der Waals surface area contributed by atoms with Gasteiger partial charge in [-0.15, -0.1) is 0 Å². The molecule has 0 radical (unpaired) electrons. The summed E-state index contributed by atoms with van der Waals surface area (Å²) in [6.45, 7) is 4.84. The number of rotatable bonds is 5. The van der Waals surface area contributed by atoms with Gasteiger partial charge in [0.25, 0.3) is 0 Å². The highest BCUT2D eigenvalue weighted by Crippen LogP contribution is 2.10. The number of sulfone groups is 1. The van der Waals surface area contributed by atoms with Crippen LogP contribution in [0.3, 0.4) is 0 Å². The Balaban J connectivity index is 2.31. The van der Waals surface area contributed by atoms with Gasteiger partial charge in [0.15, 0.2) is 15.8 Å². The van der Waals surface area contributed by atoms with E-state index in [-0.39, 0.29) is 17.5 Å². The maximum atomic E-state index is 11.3. The standard InChI is InChI=1S/C11H24N4O2S/c1-4-15(3)7-6-13-11(12-2)14-10-5-8-18(16,17)9-10/h10H,4-9H2,1-3H3,(H2,12,13,14). The van der Waals surface area contributed by atoms with Gasteiger partial charge in [0.1, 0.15) is 0 Å². The van der Waals surface area contributed by atoms with Gasteiger partial charge in [-0.1, -0.05) is 6.92 Å². The third-order valence-corrected chi connectivity index (χ3v) is 4.89. The first kappa shape index (κ1) is 15.2. The maximum Gasteiger partial charge on any atom is 0.191 e. The topological polar surface area (TPSA) is 73.8 Å². The van der Waals surface area contributed by atoms with Crippen molar-refractivity contribution in [1.82, 2.24) is 15.5 Å². The molecule has 18 heavy (non-hydrogen) atoms. The molecule has 0 amide bonds. The van der Waals surface area contributed by atoms with Gasteiger partial charge in [0.05, 0.1) is 11.5 Å². The first-order valence-electron chi connectivity index (χ1n) is 6.33. The summed E-state index contributed by atoms with van der Waals surface area (Å²) in [6.07, 6.45) is 0.665. The monoisotopic (exact) mass is 276 g/mol. The number of hydrogen-bond acceptors (Lipinski definition) is 4. The Bertz CT molecular complexity index is 381. The first-order valence-corrected chi connectivity index (χ1v) is 8.15. The molecule has 2 N–H and O–H groups in total. The van der Waals surface area contributed by atoms with Crippen molar-refractivity contribution in [3.63, 3.8) is 0 Å². The van der Waals surface area contributed by atoms with Crippen LogP contribution < -0.4 is 10.6 Å². The lowest BCUT2D eigenvalue weighted by molar-refractivity contribution is 0.357. The van der Waals surface area contributed by atoms with Crippen LogP contribution >= 0.6 is 0 Å². The van der Waals surface area contributed by atoms with E-state index in [2.05, 4.69) is 34.5 Å². The van der Waals surface area contributed by atoms with Crippen molar-refractivity contribution in [2.75, 3.05) is 45.2 Å². The summed E-state index contributed by atoms with van der Waals surface area (Å²) in [5.74, 6) is 1.17. The van der Waals surface area contributed by atoms with Crippen molar-refractivity contribution < 1.29 is 8.42 Å². The molecule has 1 heterocycles. The zero-order valence-electron chi connectivity index (χ0n) is 11.4. The molecule has 0 spiro atoms. The zero-order valence-corrected chi connectivity index (χ0v) is 12.3. The Morgan fingerprint density at radius 2 is 2.22 bits per heavy atom. The molecule has 0 aromatic carbocycles. The summed E-state index contributed by atoms with van der Waals surface area (Å²) in [5, 5.41) is 6.35. The molecule has 1 atom stereocenters. The second-order valence-corrected chi connectivity index (χ2v) is 6.87. The number of aliphatic imine (C=N–C) groups is 1. The minimum atomic E-state index is -2.84. The van der Waals surface area contributed by atoms with Crippen LogP contribution in [-0.4, -0.2) is 70.6 Å². The van der Waals surface area contributed by atoms with Crippen molar-refractivity contribution >= 4 is 15.8 Å². The van der Waals surface area contributed by atoms with Crippen LogP contribution in [0.15, 0.2) is 4.99 Å². The average Bonchev–Trinajstić information content (AvgIpc) is 2.67. The molecular weight excluding hydrogens is 252 g/mol. The van der Waals surface area contributed by atoms with Gasteiger partial charge in [0, 0.05) is 26.2 Å². The van der Waals surface area contributed by atoms with Gasteiger partial charge in [-0.3, -0.25) is 4.99 Å². The lowest BCUT2D eigenvalue weighted by Crippen LogP contribution is -2.45.